The van der Waals surface area contributed by atoms with Crippen molar-refractivity contribution in [2.75, 3.05) is 0 Å². The summed E-state index contributed by atoms with van der Waals surface area (Å²) in [6.07, 6.45) is 2.13. The highest BCUT2D eigenvalue weighted by molar-refractivity contribution is 5.81. The first-order chi connectivity index (χ1) is 5.58. The topological polar surface area (TPSA) is 50.1 Å². The molecule has 0 aromatic rings. The van der Waals surface area contributed by atoms with Crippen LogP contribution in [0.2, 0.25) is 0 Å². The largest absolute Gasteiger partial charge is 0.432 e. The molecule has 0 N–H and O–H groups in total. The molecule has 0 atom stereocenters. The van der Waals surface area contributed by atoms with Gasteiger partial charge >= 0.3 is 5.97 Å². The molecule has 0 unspecified atom stereocenters. The Balaban J connectivity index is 0. The number of allylic oxidation sites excluding steroid dienone is 1. The van der Waals surface area contributed by atoms with Crippen molar-refractivity contribution in [1.29, 1.82) is 5.26 Å². The summed E-state index contributed by atoms with van der Waals surface area (Å²) in [4.78, 5) is 10.0. The van der Waals surface area contributed by atoms with E-state index in [0.29, 0.717) is 5.57 Å². The molecule has 64 valence electrons. The summed E-state index contributed by atoms with van der Waals surface area (Å²) in [6.45, 7) is 11.3. The second kappa shape index (κ2) is 9.18. The minimum atomic E-state index is -0.477. The second-order valence-electron chi connectivity index (χ2n) is 1.70. The van der Waals surface area contributed by atoms with E-state index >= 15 is 0 Å². The van der Waals surface area contributed by atoms with Gasteiger partial charge in [0.25, 0.3) is 0 Å². The van der Waals surface area contributed by atoms with E-state index in [4.69, 9.17) is 5.26 Å². The Bertz CT molecular complexity index is 223. The maximum absolute atomic E-state index is 10.0. The highest BCUT2D eigenvalue weighted by Crippen LogP contribution is 1.75. The quantitative estimate of drug-likeness (QED) is 0.272. The van der Waals surface area contributed by atoms with Crippen LogP contribution in [0.1, 0.15) is 6.92 Å². The second-order valence-corrected chi connectivity index (χ2v) is 1.70. The SMILES string of the molecule is C=C(C)C#N.C=COC(=O)C=C. The molecule has 0 saturated carbocycles. The monoisotopic (exact) mass is 165 g/mol. The Hall–Kier alpha value is -1.82. The molecule has 0 heterocycles. The third-order valence-electron chi connectivity index (χ3n) is 0.557. The van der Waals surface area contributed by atoms with Crippen molar-refractivity contribution in [2.45, 2.75) is 6.92 Å². The van der Waals surface area contributed by atoms with Crippen molar-refractivity contribution < 1.29 is 9.53 Å². The summed E-state index contributed by atoms with van der Waals surface area (Å²) in [6, 6.07) is 1.83. The zero-order chi connectivity index (χ0) is 9.98. The Morgan fingerprint density at radius 2 is 2.00 bits per heavy atom. The van der Waals surface area contributed by atoms with E-state index in [9.17, 15) is 4.79 Å². The predicted octanol–water partition coefficient (Wildman–Crippen LogP) is 1.95. The fourth-order valence-electron chi connectivity index (χ4n) is 0.130. The van der Waals surface area contributed by atoms with Gasteiger partial charge < -0.3 is 4.74 Å². The fourth-order valence-corrected chi connectivity index (χ4v) is 0.130. The molecule has 0 aromatic heterocycles. The Labute approximate surface area is 72.3 Å². The molecule has 0 rings (SSSR count). The summed E-state index contributed by atoms with van der Waals surface area (Å²) < 4.78 is 4.20. The number of esters is 1. The molecule has 12 heavy (non-hydrogen) atoms. The summed E-state index contributed by atoms with van der Waals surface area (Å²) in [7, 11) is 0. The summed E-state index contributed by atoms with van der Waals surface area (Å²) in [5, 5.41) is 7.79. The Morgan fingerprint density at radius 3 is 2.08 bits per heavy atom. The molecular weight excluding hydrogens is 154 g/mol. The van der Waals surface area contributed by atoms with Gasteiger partial charge in [0.05, 0.1) is 12.3 Å². The van der Waals surface area contributed by atoms with Gasteiger partial charge in [-0.1, -0.05) is 19.7 Å². The number of hydrogen-bond donors (Lipinski definition) is 0. The lowest BCUT2D eigenvalue weighted by Gasteiger charge is -1.85. The molecule has 0 saturated heterocycles. The predicted molar refractivity (Wildman–Crippen MR) is 46.9 cm³/mol. The number of carbonyl (C=O) groups excluding carboxylic acids is 1. The maximum Gasteiger partial charge on any atom is 0.334 e. The minimum absolute atomic E-state index is 0.477. The highest BCUT2D eigenvalue weighted by atomic mass is 16.5. The minimum Gasteiger partial charge on any atom is -0.432 e. The van der Waals surface area contributed by atoms with Crippen LogP contribution in [0.25, 0.3) is 0 Å². The molecule has 0 aromatic carbocycles. The molecule has 0 bridgehead atoms. The molecule has 0 spiro atoms. The Kier molecular flexibility index (Phi) is 9.81. The van der Waals surface area contributed by atoms with Crippen molar-refractivity contribution in [3.05, 3.63) is 37.6 Å². The van der Waals surface area contributed by atoms with Crippen LogP contribution < -0.4 is 0 Å². The maximum atomic E-state index is 10.0. The van der Waals surface area contributed by atoms with Crippen LogP contribution in [0, 0.1) is 11.3 Å². The van der Waals surface area contributed by atoms with Gasteiger partial charge in [-0.2, -0.15) is 5.26 Å². The van der Waals surface area contributed by atoms with E-state index in [2.05, 4.69) is 24.5 Å². The first kappa shape index (κ1) is 12.8. The van der Waals surface area contributed by atoms with E-state index in [0.717, 1.165) is 12.3 Å². The van der Waals surface area contributed by atoms with Gasteiger partial charge in [-0.05, 0) is 6.92 Å². The molecule has 3 heteroatoms. The van der Waals surface area contributed by atoms with Gasteiger partial charge in [-0.15, -0.1) is 0 Å². The van der Waals surface area contributed by atoms with Gasteiger partial charge in [0.2, 0.25) is 0 Å². The van der Waals surface area contributed by atoms with Crippen LogP contribution in [0.15, 0.2) is 37.6 Å². The number of nitrogens with zero attached hydrogens (tertiary/aromatic N) is 1. The molecule has 0 fully saturated rings. The van der Waals surface area contributed by atoms with E-state index in [-0.39, 0.29) is 0 Å². The van der Waals surface area contributed by atoms with Crippen molar-refractivity contribution in [2.24, 2.45) is 0 Å². The molecule has 0 radical (unpaired) electrons. The standard InChI is InChI=1S/C5H6O2.C4H5N/c1-3-5(6)7-4-2;1-4(2)3-5/h3-4H,1-2H2;1H2,2H3. The van der Waals surface area contributed by atoms with Crippen LogP contribution in [0.4, 0.5) is 0 Å². The summed E-state index contributed by atoms with van der Waals surface area (Å²) in [5.74, 6) is -0.477. The fraction of sp³-hybridized carbons (Fsp3) is 0.111. The third kappa shape index (κ3) is 15.7. The molecule has 0 amide bonds. The summed E-state index contributed by atoms with van der Waals surface area (Å²) in [5.41, 5.74) is 0.560. The number of ether oxygens (including phenoxy) is 1. The van der Waals surface area contributed by atoms with E-state index in [1.54, 1.807) is 6.92 Å². The van der Waals surface area contributed by atoms with Gasteiger partial charge in [0, 0.05) is 11.6 Å². The zero-order valence-corrected chi connectivity index (χ0v) is 7.04. The lowest BCUT2D eigenvalue weighted by molar-refractivity contribution is -0.132. The van der Waals surface area contributed by atoms with Crippen molar-refractivity contribution >= 4 is 5.97 Å². The normalized spacial score (nSPS) is 6.33. The molecule has 0 aliphatic heterocycles. The lowest BCUT2D eigenvalue weighted by Crippen LogP contribution is -1.90. The average Bonchev–Trinajstić information content (AvgIpc) is 2.06. The number of nitriles is 1. The van der Waals surface area contributed by atoms with E-state index < -0.39 is 5.97 Å². The van der Waals surface area contributed by atoms with Gasteiger partial charge in [-0.25, -0.2) is 4.79 Å². The molecule has 3 nitrogen and oxygen atoms in total. The number of rotatable bonds is 2. The summed E-state index contributed by atoms with van der Waals surface area (Å²) >= 11 is 0. The van der Waals surface area contributed by atoms with Gasteiger partial charge in [-0.3, -0.25) is 0 Å². The average molecular weight is 165 g/mol. The first-order valence-electron chi connectivity index (χ1n) is 3.08. The molecular formula is C9H11NO2. The highest BCUT2D eigenvalue weighted by Gasteiger charge is 1.84. The van der Waals surface area contributed by atoms with Crippen molar-refractivity contribution in [3.63, 3.8) is 0 Å². The third-order valence-corrected chi connectivity index (χ3v) is 0.557. The first-order valence-corrected chi connectivity index (χ1v) is 3.08. The number of hydrogen-bond acceptors (Lipinski definition) is 3. The van der Waals surface area contributed by atoms with Crippen LogP contribution in [-0.2, 0) is 9.53 Å². The van der Waals surface area contributed by atoms with Crippen LogP contribution in [0.3, 0.4) is 0 Å². The zero-order valence-electron chi connectivity index (χ0n) is 7.04. The molecule has 0 aliphatic rings. The lowest BCUT2D eigenvalue weighted by atomic mass is 10.4. The Morgan fingerprint density at radius 1 is 1.58 bits per heavy atom. The number of carbonyl (C=O) groups is 1. The van der Waals surface area contributed by atoms with Crippen LogP contribution >= 0.6 is 0 Å². The van der Waals surface area contributed by atoms with E-state index in [1.807, 2.05) is 6.07 Å². The smallest absolute Gasteiger partial charge is 0.334 e. The van der Waals surface area contributed by atoms with Crippen LogP contribution in [0.5, 0.6) is 0 Å². The van der Waals surface area contributed by atoms with Gasteiger partial charge in [0.15, 0.2) is 0 Å². The van der Waals surface area contributed by atoms with Crippen molar-refractivity contribution in [1.82, 2.24) is 0 Å². The van der Waals surface area contributed by atoms with Crippen molar-refractivity contribution in [3.8, 4) is 6.07 Å². The van der Waals surface area contributed by atoms with Gasteiger partial charge in [0.1, 0.15) is 0 Å². The molecule has 0 aliphatic carbocycles. The van der Waals surface area contributed by atoms with Crippen LogP contribution in [-0.4, -0.2) is 5.97 Å². The van der Waals surface area contributed by atoms with E-state index in [1.165, 1.54) is 0 Å².